The van der Waals surface area contributed by atoms with E-state index in [-0.39, 0.29) is 5.91 Å². The second-order valence-corrected chi connectivity index (χ2v) is 4.69. The van der Waals surface area contributed by atoms with Crippen molar-refractivity contribution in [2.24, 2.45) is 0 Å². The van der Waals surface area contributed by atoms with E-state index in [1.807, 2.05) is 0 Å². The van der Waals surface area contributed by atoms with E-state index in [1.54, 1.807) is 14.1 Å². The number of carbonyl (C=O) groups is 2. The number of benzene rings is 2. The molecule has 1 amide bonds. The molecule has 4 nitrogen and oxygen atoms in total. The predicted molar refractivity (Wildman–Crippen MR) is 94.9 cm³/mol. The Morgan fingerprint density at radius 3 is 1.57 bits per heavy atom. The van der Waals surface area contributed by atoms with Gasteiger partial charge >= 0.3 is 0 Å². The van der Waals surface area contributed by atoms with Crippen molar-refractivity contribution in [3.05, 3.63) is 71.8 Å². The van der Waals surface area contributed by atoms with Gasteiger partial charge < -0.3 is 4.79 Å². The normalized spacial score (nSPS) is 8.70. The Hall–Kier alpha value is -2.46. The first kappa shape index (κ1) is 20.5. The molecule has 0 spiro atoms. The van der Waals surface area contributed by atoms with Gasteiger partial charge in [0.2, 0.25) is 5.91 Å². The third kappa shape index (κ3) is 10.8. The van der Waals surface area contributed by atoms with Crippen LogP contribution in [0.15, 0.2) is 60.7 Å². The van der Waals surface area contributed by atoms with Gasteiger partial charge in [-0.3, -0.25) is 9.80 Å². The van der Waals surface area contributed by atoms with Gasteiger partial charge in [-0.15, -0.1) is 0 Å². The number of hydrazine groups is 1. The molecule has 0 aromatic heterocycles. The fourth-order valence-electron chi connectivity index (χ4n) is 1.58. The van der Waals surface area contributed by atoms with Crippen LogP contribution in [-0.4, -0.2) is 31.3 Å². The molecule has 2 aromatic rings. The van der Waals surface area contributed by atoms with Crippen molar-refractivity contribution in [1.29, 1.82) is 0 Å². The Kier molecular flexibility index (Phi) is 11.8. The molecular formula is C19H26N2O2. The molecule has 124 valence electrons. The standard InChI is InChI=1S/C13H12.C4H10N2O.C2H4O/c1-3-7-12(8-4-1)11-13-9-5-2-6-10-13;1-4(7)6(3)5-2;1-2-3/h1-10H,11H2;5H,1-3H3;2H,1H3. The summed E-state index contributed by atoms with van der Waals surface area (Å²) in [5.74, 6) is 0.0162. The van der Waals surface area contributed by atoms with Gasteiger partial charge in [-0.05, 0) is 24.5 Å². The lowest BCUT2D eigenvalue weighted by molar-refractivity contribution is -0.129. The Morgan fingerprint density at radius 1 is 1.00 bits per heavy atom. The highest BCUT2D eigenvalue weighted by molar-refractivity contribution is 5.72. The molecule has 2 aromatic carbocycles. The molecule has 0 radical (unpaired) electrons. The molecule has 23 heavy (non-hydrogen) atoms. The smallest absolute Gasteiger partial charge is 0.233 e. The first-order valence-electron chi connectivity index (χ1n) is 7.44. The van der Waals surface area contributed by atoms with E-state index in [1.165, 1.54) is 30.0 Å². The van der Waals surface area contributed by atoms with Crippen LogP contribution in [0.1, 0.15) is 25.0 Å². The Bertz CT molecular complexity index is 504. The van der Waals surface area contributed by atoms with Crippen molar-refractivity contribution < 1.29 is 9.59 Å². The second-order valence-electron chi connectivity index (χ2n) is 4.69. The van der Waals surface area contributed by atoms with E-state index < -0.39 is 0 Å². The van der Waals surface area contributed by atoms with Crippen LogP contribution in [0.3, 0.4) is 0 Å². The topological polar surface area (TPSA) is 49.4 Å². The fourth-order valence-corrected chi connectivity index (χ4v) is 1.58. The lowest BCUT2D eigenvalue weighted by Crippen LogP contribution is -2.34. The number of rotatable bonds is 3. The van der Waals surface area contributed by atoms with Crippen LogP contribution in [0.4, 0.5) is 0 Å². The Labute approximate surface area is 139 Å². The molecule has 0 heterocycles. The van der Waals surface area contributed by atoms with Gasteiger partial charge in [0.25, 0.3) is 0 Å². The van der Waals surface area contributed by atoms with Crippen LogP contribution < -0.4 is 5.43 Å². The van der Waals surface area contributed by atoms with Crippen LogP contribution >= 0.6 is 0 Å². The highest BCUT2D eigenvalue weighted by Gasteiger charge is 1.93. The summed E-state index contributed by atoms with van der Waals surface area (Å²) in [6, 6.07) is 21.1. The number of hydrogen-bond acceptors (Lipinski definition) is 3. The maximum absolute atomic E-state index is 10.2. The van der Waals surface area contributed by atoms with E-state index in [2.05, 4.69) is 66.1 Å². The average molecular weight is 314 g/mol. The van der Waals surface area contributed by atoms with Gasteiger partial charge in [0.05, 0.1) is 0 Å². The van der Waals surface area contributed by atoms with Gasteiger partial charge in [-0.2, -0.15) is 0 Å². The van der Waals surface area contributed by atoms with E-state index in [0.717, 1.165) is 12.7 Å². The third-order valence-electron chi connectivity index (χ3n) is 2.90. The van der Waals surface area contributed by atoms with Gasteiger partial charge in [-0.1, -0.05) is 60.7 Å². The maximum Gasteiger partial charge on any atom is 0.233 e. The number of nitrogens with zero attached hydrogens (tertiary/aromatic N) is 1. The van der Waals surface area contributed by atoms with Gasteiger partial charge in [0, 0.05) is 21.0 Å². The zero-order chi connectivity index (χ0) is 17.5. The van der Waals surface area contributed by atoms with Crippen LogP contribution in [0.2, 0.25) is 0 Å². The SMILES string of the molecule is CC=O.CNN(C)C(C)=O.c1ccc(Cc2ccccc2)cc1. The quantitative estimate of drug-likeness (QED) is 0.699. The van der Waals surface area contributed by atoms with Crippen molar-refractivity contribution in [1.82, 2.24) is 10.4 Å². The van der Waals surface area contributed by atoms with E-state index >= 15 is 0 Å². The minimum Gasteiger partial charge on any atom is -0.304 e. The van der Waals surface area contributed by atoms with Crippen LogP contribution in [0, 0.1) is 0 Å². The van der Waals surface area contributed by atoms with Crippen LogP contribution in [0.25, 0.3) is 0 Å². The molecule has 4 heteroatoms. The summed E-state index contributed by atoms with van der Waals surface area (Å²) in [5, 5.41) is 1.40. The first-order chi connectivity index (χ1) is 11.0. The number of amides is 1. The lowest BCUT2D eigenvalue weighted by atomic mass is 10.1. The second kappa shape index (κ2) is 13.2. The van der Waals surface area contributed by atoms with Crippen LogP contribution in [0.5, 0.6) is 0 Å². The van der Waals surface area contributed by atoms with Crippen LogP contribution in [-0.2, 0) is 16.0 Å². The molecule has 0 saturated heterocycles. The van der Waals surface area contributed by atoms with Gasteiger partial charge in [-0.25, -0.2) is 5.43 Å². The summed E-state index contributed by atoms with van der Waals surface area (Å²) in [5.41, 5.74) is 5.39. The maximum atomic E-state index is 10.2. The van der Waals surface area contributed by atoms with Crippen molar-refractivity contribution in [3.8, 4) is 0 Å². The molecule has 0 aliphatic rings. The molecule has 0 fully saturated rings. The summed E-state index contributed by atoms with van der Waals surface area (Å²) in [4.78, 5) is 19.0. The summed E-state index contributed by atoms with van der Waals surface area (Å²) >= 11 is 0. The highest BCUT2D eigenvalue weighted by Crippen LogP contribution is 2.07. The van der Waals surface area contributed by atoms with Crippen molar-refractivity contribution >= 4 is 12.2 Å². The minimum absolute atomic E-state index is 0.0162. The molecule has 0 aliphatic carbocycles. The lowest BCUT2D eigenvalue weighted by Gasteiger charge is -2.10. The van der Waals surface area contributed by atoms with E-state index in [4.69, 9.17) is 4.79 Å². The zero-order valence-corrected chi connectivity index (χ0v) is 14.3. The predicted octanol–water partition coefficient (Wildman–Crippen LogP) is 3.08. The summed E-state index contributed by atoms with van der Waals surface area (Å²) in [6.07, 6.45) is 1.78. The van der Waals surface area contributed by atoms with Crippen molar-refractivity contribution in [3.63, 3.8) is 0 Å². The van der Waals surface area contributed by atoms with Gasteiger partial charge in [0.15, 0.2) is 0 Å². The van der Waals surface area contributed by atoms with Gasteiger partial charge in [0.1, 0.15) is 6.29 Å². The summed E-state index contributed by atoms with van der Waals surface area (Å²) < 4.78 is 0. The molecule has 2 rings (SSSR count). The zero-order valence-electron chi connectivity index (χ0n) is 14.3. The summed E-state index contributed by atoms with van der Waals surface area (Å²) in [7, 11) is 3.36. The van der Waals surface area contributed by atoms with E-state index in [9.17, 15) is 4.79 Å². The monoisotopic (exact) mass is 314 g/mol. The number of carbonyl (C=O) groups excluding carboxylic acids is 2. The molecule has 0 bridgehead atoms. The highest BCUT2D eigenvalue weighted by atomic mass is 16.2. The number of aldehydes is 1. The average Bonchev–Trinajstić information content (AvgIpc) is 2.57. The fraction of sp³-hybridized carbons (Fsp3) is 0.263. The first-order valence-corrected chi connectivity index (χ1v) is 7.44. The number of nitrogens with one attached hydrogen (secondary N) is 1. The third-order valence-corrected chi connectivity index (χ3v) is 2.90. The van der Waals surface area contributed by atoms with Crippen molar-refractivity contribution in [2.75, 3.05) is 14.1 Å². The molecule has 1 N–H and O–H groups in total. The molecule has 0 unspecified atom stereocenters. The largest absolute Gasteiger partial charge is 0.304 e. The number of hydrogen-bond donors (Lipinski definition) is 1. The Balaban J connectivity index is 0.000000412. The van der Waals surface area contributed by atoms with E-state index in [0.29, 0.717) is 0 Å². The molecule has 0 atom stereocenters. The molecular weight excluding hydrogens is 288 g/mol. The minimum atomic E-state index is 0.0162. The molecule has 0 saturated carbocycles. The summed E-state index contributed by atoms with van der Waals surface area (Å²) in [6.45, 7) is 2.94. The Morgan fingerprint density at radius 2 is 1.35 bits per heavy atom. The van der Waals surface area contributed by atoms with Crippen molar-refractivity contribution in [2.45, 2.75) is 20.3 Å². The molecule has 0 aliphatic heterocycles.